The third kappa shape index (κ3) is 2.16. The van der Waals surface area contributed by atoms with Gasteiger partial charge >= 0.3 is 0 Å². The van der Waals surface area contributed by atoms with Gasteiger partial charge in [-0.3, -0.25) is 0 Å². The van der Waals surface area contributed by atoms with Crippen LogP contribution < -0.4 is 5.32 Å². The molecule has 14 heavy (non-hydrogen) atoms. The van der Waals surface area contributed by atoms with Gasteiger partial charge in [0.2, 0.25) is 0 Å². The van der Waals surface area contributed by atoms with Crippen molar-refractivity contribution in [3.05, 3.63) is 35.9 Å². The molecule has 0 saturated carbocycles. The van der Waals surface area contributed by atoms with Crippen molar-refractivity contribution in [3.63, 3.8) is 0 Å². The van der Waals surface area contributed by atoms with Gasteiger partial charge in [0.1, 0.15) is 0 Å². The molecule has 1 saturated heterocycles. The summed E-state index contributed by atoms with van der Waals surface area (Å²) in [6.07, 6.45) is 3.99. The first-order valence-electron chi connectivity index (χ1n) is 5.77. The van der Waals surface area contributed by atoms with E-state index in [4.69, 9.17) is 0 Å². The quantitative estimate of drug-likeness (QED) is 0.745. The van der Waals surface area contributed by atoms with Crippen molar-refractivity contribution in [2.45, 2.75) is 32.2 Å². The Morgan fingerprint density at radius 1 is 1.29 bits per heavy atom. The lowest BCUT2D eigenvalue weighted by molar-refractivity contribution is -0.673. The van der Waals surface area contributed by atoms with Crippen molar-refractivity contribution in [1.82, 2.24) is 0 Å². The molecule has 1 aliphatic heterocycles. The molecule has 2 N–H and O–H groups in total. The Labute approximate surface area is 86.5 Å². The van der Waals surface area contributed by atoms with E-state index in [1.54, 1.807) is 0 Å². The Hall–Kier alpha value is -0.820. The van der Waals surface area contributed by atoms with Crippen LogP contribution in [0.2, 0.25) is 0 Å². The lowest BCUT2D eigenvalue weighted by Gasteiger charge is -2.14. The lowest BCUT2D eigenvalue weighted by Crippen LogP contribution is -2.87. The summed E-state index contributed by atoms with van der Waals surface area (Å²) >= 11 is 0. The van der Waals surface area contributed by atoms with Gasteiger partial charge in [-0.25, -0.2) is 0 Å². The molecule has 2 atom stereocenters. The lowest BCUT2D eigenvalue weighted by atomic mass is 9.91. The van der Waals surface area contributed by atoms with E-state index >= 15 is 0 Å². The van der Waals surface area contributed by atoms with E-state index in [0.29, 0.717) is 0 Å². The predicted molar refractivity (Wildman–Crippen MR) is 59.1 cm³/mol. The molecule has 1 heteroatoms. The second kappa shape index (κ2) is 4.61. The topological polar surface area (TPSA) is 16.6 Å². The molecule has 1 aromatic carbocycles. The summed E-state index contributed by atoms with van der Waals surface area (Å²) in [4.78, 5) is 0. The van der Waals surface area contributed by atoms with Crippen LogP contribution >= 0.6 is 0 Å². The maximum atomic E-state index is 2.52. The molecule has 0 unspecified atom stereocenters. The molecule has 1 nitrogen and oxygen atoms in total. The Kier molecular flexibility index (Phi) is 3.20. The van der Waals surface area contributed by atoms with Crippen LogP contribution in [0.1, 0.15) is 25.3 Å². The standard InChI is InChI=1S/C13H19N/c1-2-13-12(8-9-14-13)10-11-6-4-3-5-7-11/h3-7,12-14H,2,8-10H2,1H3/p+1/t12-,13-/m0/s1. The summed E-state index contributed by atoms with van der Waals surface area (Å²) in [7, 11) is 0. The molecule has 0 amide bonds. The third-order valence-electron chi connectivity index (χ3n) is 3.42. The molecule has 0 spiro atoms. The highest BCUT2D eigenvalue weighted by Gasteiger charge is 2.28. The average Bonchev–Trinajstić information content (AvgIpc) is 2.67. The number of rotatable bonds is 3. The van der Waals surface area contributed by atoms with E-state index < -0.39 is 0 Å². The van der Waals surface area contributed by atoms with Gasteiger partial charge in [0.25, 0.3) is 0 Å². The van der Waals surface area contributed by atoms with Gasteiger partial charge in [-0.1, -0.05) is 37.3 Å². The number of hydrogen-bond acceptors (Lipinski definition) is 0. The number of hydrogen-bond donors (Lipinski definition) is 1. The van der Waals surface area contributed by atoms with E-state index in [0.717, 1.165) is 12.0 Å². The maximum absolute atomic E-state index is 2.52. The van der Waals surface area contributed by atoms with Gasteiger partial charge in [0.15, 0.2) is 0 Å². The van der Waals surface area contributed by atoms with E-state index in [-0.39, 0.29) is 0 Å². The van der Waals surface area contributed by atoms with Gasteiger partial charge in [-0.2, -0.15) is 0 Å². The van der Waals surface area contributed by atoms with Crippen LogP contribution in [0.25, 0.3) is 0 Å². The minimum Gasteiger partial charge on any atom is -0.344 e. The molecular formula is C13H20N+. The zero-order chi connectivity index (χ0) is 9.80. The summed E-state index contributed by atoms with van der Waals surface area (Å²) in [5.41, 5.74) is 1.51. The largest absolute Gasteiger partial charge is 0.344 e. The predicted octanol–water partition coefficient (Wildman–Crippen LogP) is 1.59. The minimum absolute atomic E-state index is 0.871. The van der Waals surface area contributed by atoms with Gasteiger partial charge in [0, 0.05) is 12.3 Å². The number of benzene rings is 1. The van der Waals surface area contributed by atoms with Crippen LogP contribution in [-0.4, -0.2) is 12.6 Å². The Balaban J connectivity index is 1.97. The van der Waals surface area contributed by atoms with Crippen molar-refractivity contribution < 1.29 is 5.32 Å². The average molecular weight is 190 g/mol. The zero-order valence-electron chi connectivity index (χ0n) is 8.95. The molecule has 1 aromatic rings. The highest BCUT2D eigenvalue weighted by atomic mass is 14.9. The van der Waals surface area contributed by atoms with Gasteiger partial charge in [-0.05, 0) is 18.4 Å². The molecule has 0 bridgehead atoms. The van der Waals surface area contributed by atoms with Crippen LogP contribution in [0.3, 0.4) is 0 Å². The molecule has 0 radical (unpaired) electrons. The first kappa shape index (κ1) is 9.72. The van der Waals surface area contributed by atoms with Crippen LogP contribution in [-0.2, 0) is 6.42 Å². The normalized spacial score (nSPS) is 26.6. The molecule has 0 aliphatic carbocycles. The smallest absolute Gasteiger partial charge is 0.0890 e. The van der Waals surface area contributed by atoms with Crippen molar-refractivity contribution >= 4 is 0 Å². The fourth-order valence-electron chi connectivity index (χ4n) is 2.60. The fraction of sp³-hybridized carbons (Fsp3) is 0.538. The first-order valence-corrected chi connectivity index (χ1v) is 5.77. The van der Waals surface area contributed by atoms with Crippen LogP contribution in [0, 0.1) is 5.92 Å². The summed E-state index contributed by atoms with van der Waals surface area (Å²) in [5, 5.41) is 2.52. The Morgan fingerprint density at radius 2 is 2.07 bits per heavy atom. The van der Waals surface area contributed by atoms with Crippen LogP contribution in [0.15, 0.2) is 30.3 Å². The number of nitrogens with two attached hydrogens (primary N) is 1. The first-order chi connectivity index (χ1) is 6.90. The molecule has 1 fully saturated rings. The molecule has 1 aliphatic rings. The SMILES string of the molecule is CC[C@@H]1[NH2+]CC[C@H]1Cc1ccccc1. The molecule has 76 valence electrons. The van der Waals surface area contributed by atoms with Crippen molar-refractivity contribution in [2.24, 2.45) is 5.92 Å². The van der Waals surface area contributed by atoms with Crippen molar-refractivity contribution in [3.8, 4) is 0 Å². The molecule has 0 aromatic heterocycles. The zero-order valence-corrected chi connectivity index (χ0v) is 8.95. The summed E-state index contributed by atoms with van der Waals surface area (Å²) in [6, 6.07) is 11.8. The molecule has 1 heterocycles. The third-order valence-corrected chi connectivity index (χ3v) is 3.42. The van der Waals surface area contributed by atoms with Crippen molar-refractivity contribution in [2.75, 3.05) is 6.54 Å². The minimum atomic E-state index is 0.871. The van der Waals surface area contributed by atoms with E-state index in [1.165, 1.54) is 31.4 Å². The van der Waals surface area contributed by atoms with E-state index in [2.05, 4.69) is 42.6 Å². The summed E-state index contributed by atoms with van der Waals surface area (Å²) in [5.74, 6) is 0.905. The summed E-state index contributed by atoms with van der Waals surface area (Å²) < 4.78 is 0. The van der Waals surface area contributed by atoms with Gasteiger partial charge < -0.3 is 5.32 Å². The monoisotopic (exact) mass is 190 g/mol. The molecular weight excluding hydrogens is 170 g/mol. The van der Waals surface area contributed by atoms with Gasteiger partial charge in [0.05, 0.1) is 12.6 Å². The second-order valence-electron chi connectivity index (χ2n) is 4.33. The Bertz CT molecular complexity index is 268. The van der Waals surface area contributed by atoms with Crippen LogP contribution in [0.5, 0.6) is 0 Å². The number of quaternary nitrogens is 1. The second-order valence-corrected chi connectivity index (χ2v) is 4.33. The maximum Gasteiger partial charge on any atom is 0.0890 e. The van der Waals surface area contributed by atoms with Gasteiger partial charge in [-0.15, -0.1) is 0 Å². The van der Waals surface area contributed by atoms with E-state index in [9.17, 15) is 0 Å². The Morgan fingerprint density at radius 3 is 2.79 bits per heavy atom. The highest BCUT2D eigenvalue weighted by Crippen LogP contribution is 2.18. The van der Waals surface area contributed by atoms with Crippen LogP contribution in [0.4, 0.5) is 0 Å². The highest BCUT2D eigenvalue weighted by molar-refractivity contribution is 5.15. The summed E-state index contributed by atoms with van der Waals surface area (Å²) in [6.45, 7) is 3.64. The van der Waals surface area contributed by atoms with E-state index in [1.807, 2.05) is 0 Å². The fourth-order valence-corrected chi connectivity index (χ4v) is 2.60. The van der Waals surface area contributed by atoms with Crippen molar-refractivity contribution in [1.29, 1.82) is 0 Å². The molecule has 2 rings (SSSR count).